The summed E-state index contributed by atoms with van der Waals surface area (Å²) in [6.45, 7) is 0. The Bertz CT molecular complexity index is 476. The number of hydrogen-bond acceptors (Lipinski definition) is 2. The monoisotopic (exact) mass is 311 g/mol. The zero-order chi connectivity index (χ0) is 11.5. The fourth-order valence-electron chi connectivity index (χ4n) is 6.49. The predicted octanol–water partition coefficient (Wildman–Crippen LogP) is 1.33. The highest BCUT2D eigenvalue weighted by Gasteiger charge is 2.82. The molecule has 0 radical (unpaired) electrons. The molecule has 9 atom stereocenters. The molecule has 0 amide bonds. The van der Waals surface area contributed by atoms with E-state index in [4.69, 9.17) is 18.0 Å². The molecule has 5 heteroatoms. The van der Waals surface area contributed by atoms with Gasteiger partial charge in [-0.15, -0.1) is 0 Å². The Hall–Kier alpha value is -0.160. The van der Waals surface area contributed by atoms with Gasteiger partial charge in [0.25, 0.3) is 0 Å². The highest BCUT2D eigenvalue weighted by Crippen LogP contribution is 2.82. The highest BCUT2D eigenvalue weighted by molar-refractivity contribution is 9.09. The van der Waals surface area contributed by atoms with Crippen LogP contribution in [0.15, 0.2) is 5.10 Å². The Labute approximate surface area is 114 Å². The Morgan fingerprint density at radius 3 is 2.71 bits per heavy atom. The van der Waals surface area contributed by atoms with Crippen LogP contribution >= 0.6 is 28.1 Å². The molecule has 3 N–H and O–H groups in total. The lowest BCUT2D eigenvalue weighted by Gasteiger charge is -2.32. The van der Waals surface area contributed by atoms with E-state index < -0.39 is 0 Å². The van der Waals surface area contributed by atoms with Crippen LogP contribution in [-0.2, 0) is 0 Å². The number of thiocarbonyl (C=S) groups is 1. The number of hydrazone groups is 1. The van der Waals surface area contributed by atoms with Crippen molar-refractivity contribution in [2.75, 3.05) is 0 Å². The van der Waals surface area contributed by atoms with Crippen molar-refractivity contribution in [3.8, 4) is 0 Å². The van der Waals surface area contributed by atoms with Crippen LogP contribution in [-0.4, -0.2) is 15.7 Å². The standard InChI is InChI=1S/C12H14BrN3S/c13-10-6-2-1-3-4(6)9-8(10)5(2)7(3)11(9)15-16-12(14)17/h2-10H,1H2,(H3,14,16,17)/b15-11+/t2-,3+,4+,5+,6-,7-,8-,9+,10+/m0/s1. The van der Waals surface area contributed by atoms with Gasteiger partial charge in [0, 0.05) is 22.4 Å². The zero-order valence-corrected chi connectivity index (χ0v) is 11.6. The van der Waals surface area contributed by atoms with Crippen molar-refractivity contribution in [3.05, 3.63) is 0 Å². The maximum absolute atomic E-state index is 5.49. The minimum Gasteiger partial charge on any atom is -0.375 e. The second-order valence-electron chi connectivity index (χ2n) is 6.38. The molecule has 6 rings (SSSR count). The molecule has 0 spiro atoms. The largest absolute Gasteiger partial charge is 0.375 e. The van der Waals surface area contributed by atoms with Gasteiger partial charge < -0.3 is 5.73 Å². The molecule has 6 bridgehead atoms. The third-order valence-corrected chi connectivity index (χ3v) is 7.65. The van der Waals surface area contributed by atoms with Crippen LogP contribution in [0, 0.1) is 47.3 Å². The first-order chi connectivity index (χ1) is 8.20. The number of hydrogen-bond donors (Lipinski definition) is 2. The van der Waals surface area contributed by atoms with E-state index in [1.807, 2.05) is 0 Å². The molecular weight excluding hydrogens is 298 g/mol. The van der Waals surface area contributed by atoms with E-state index in [1.54, 1.807) is 0 Å². The van der Waals surface area contributed by atoms with Gasteiger partial charge in [-0.2, -0.15) is 5.10 Å². The Morgan fingerprint density at radius 1 is 1.24 bits per heavy atom. The minimum absolute atomic E-state index is 0.297. The first-order valence-corrected chi connectivity index (χ1v) is 7.79. The normalized spacial score (nSPS) is 65.7. The lowest BCUT2D eigenvalue weighted by molar-refractivity contribution is 0.132. The number of rotatable bonds is 1. The fraction of sp³-hybridized carbons (Fsp3) is 0.833. The fourth-order valence-corrected chi connectivity index (χ4v) is 7.97. The summed E-state index contributed by atoms with van der Waals surface area (Å²) in [5, 5.41) is 4.85. The molecule has 0 unspecified atom stereocenters. The highest BCUT2D eigenvalue weighted by atomic mass is 79.9. The van der Waals surface area contributed by atoms with Crippen molar-refractivity contribution < 1.29 is 0 Å². The summed E-state index contributed by atoms with van der Waals surface area (Å²) in [6.07, 6.45) is 1.46. The van der Waals surface area contributed by atoms with Crippen LogP contribution in [0.3, 0.4) is 0 Å². The van der Waals surface area contributed by atoms with Gasteiger partial charge in [0.2, 0.25) is 0 Å². The third kappa shape index (κ3) is 0.820. The molecule has 17 heavy (non-hydrogen) atoms. The van der Waals surface area contributed by atoms with Crippen molar-refractivity contribution >= 4 is 39.0 Å². The first kappa shape index (κ1) is 9.73. The predicted molar refractivity (Wildman–Crippen MR) is 72.6 cm³/mol. The molecule has 0 aromatic carbocycles. The van der Waals surface area contributed by atoms with E-state index in [1.165, 1.54) is 12.1 Å². The molecule has 0 heterocycles. The van der Waals surface area contributed by atoms with Crippen molar-refractivity contribution in [1.29, 1.82) is 0 Å². The minimum atomic E-state index is 0.297. The molecule has 3 nitrogen and oxygen atoms in total. The van der Waals surface area contributed by atoms with Gasteiger partial charge in [-0.05, 0) is 54.1 Å². The molecule has 0 aromatic heterocycles. The van der Waals surface area contributed by atoms with E-state index in [2.05, 4.69) is 26.5 Å². The summed E-state index contributed by atoms with van der Waals surface area (Å²) in [7, 11) is 0. The second-order valence-corrected chi connectivity index (χ2v) is 7.88. The topological polar surface area (TPSA) is 50.4 Å². The summed E-state index contributed by atoms with van der Waals surface area (Å²) in [5.74, 6) is 7.11. The van der Waals surface area contributed by atoms with E-state index in [0.29, 0.717) is 5.11 Å². The lowest BCUT2D eigenvalue weighted by atomic mass is 9.71. The number of halogens is 1. The molecule has 6 aliphatic rings. The van der Waals surface area contributed by atoms with E-state index in [-0.39, 0.29) is 0 Å². The van der Waals surface area contributed by atoms with Crippen LogP contribution in [0.1, 0.15) is 6.42 Å². The maximum atomic E-state index is 5.49. The average molecular weight is 312 g/mol. The van der Waals surface area contributed by atoms with Gasteiger partial charge >= 0.3 is 0 Å². The maximum Gasteiger partial charge on any atom is 0.184 e. The van der Waals surface area contributed by atoms with Crippen LogP contribution in [0.2, 0.25) is 0 Å². The summed E-state index contributed by atoms with van der Waals surface area (Å²) >= 11 is 8.82. The Kier molecular flexibility index (Phi) is 1.55. The SMILES string of the molecule is NC(=S)N/N=C1\[C@H]2[C@@H]3C[C@H]4[C@H]2[C@@H]2[C@H](Br)[C@@H]4[C@@H]3[C@@H]12. The van der Waals surface area contributed by atoms with Crippen molar-refractivity contribution in [3.63, 3.8) is 0 Å². The number of nitrogens with two attached hydrogens (primary N) is 1. The van der Waals surface area contributed by atoms with E-state index in [9.17, 15) is 0 Å². The molecule has 6 fully saturated rings. The summed E-state index contributed by atoms with van der Waals surface area (Å²) in [5.41, 5.74) is 9.73. The van der Waals surface area contributed by atoms with Gasteiger partial charge in [-0.25, -0.2) is 0 Å². The van der Waals surface area contributed by atoms with Gasteiger partial charge in [0.15, 0.2) is 5.11 Å². The van der Waals surface area contributed by atoms with Gasteiger partial charge in [-0.1, -0.05) is 15.9 Å². The third-order valence-electron chi connectivity index (χ3n) is 6.34. The molecule has 0 aromatic rings. The smallest absolute Gasteiger partial charge is 0.184 e. The number of nitrogens with zero attached hydrogens (tertiary/aromatic N) is 1. The summed E-state index contributed by atoms with van der Waals surface area (Å²) < 4.78 is 0. The van der Waals surface area contributed by atoms with Crippen LogP contribution in [0.25, 0.3) is 0 Å². The molecule has 0 aliphatic heterocycles. The average Bonchev–Trinajstić information content (AvgIpc) is 2.97. The van der Waals surface area contributed by atoms with Crippen molar-refractivity contribution in [1.82, 2.24) is 5.43 Å². The van der Waals surface area contributed by atoms with Gasteiger partial charge in [-0.3, -0.25) is 5.43 Å². The molecule has 6 saturated carbocycles. The quantitative estimate of drug-likeness (QED) is 0.436. The summed E-state index contributed by atoms with van der Waals surface area (Å²) in [6, 6.07) is 0. The molecular formula is C12H14BrN3S. The van der Waals surface area contributed by atoms with E-state index in [0.717, 1.165) is 52.2 Å². The van der Waals surface area contributed by atoms with E-state index >= 15 is 0 Å². The Balaban J connectivity index is 1.62. The van der Waals surface area contributed by atoms with Crippen molar-refractivity contribution in [2.45, 2.75) is 11.2 Å². The van der Waals surface area contributed by atoms with Gasteiger partial charge in [0.1, 0.15) is 0 Å². The summed E-state index contributed by atoms with van der Waals surface area (Å²) in [4.78, 5) is 0.764. The Morgan fingerprint density at radius 2 is 2.00 bits per heavy atom. The van der Waals surface area contributed by atoms with Crippen LogP contribution in [0.5, 0.6) is 0 Å². The molecule has 90 valence electrons. The first-order valence-electron chi connectivity index (χ1n) is 6.47. The zero-order valence-electron chi connectivity index (χ0n) is 9.21. The number of alkyl halides is 1. The van der Waals surface area contributed by atoms with Crippen LogP contribution in [0.4, 0.5) is 0 Å². The lowest BCUT2D eigenvalue weighted by Crippen LogP contribution is -2.30. The molecule has 0 saturated heterocycles. The second kappa shape index (κ2) is 2.72. The van der Waals surface area contributed by atoms with Crippen molar-refractivity contribution in [2.24, 2.45) is 58.2 Å². The van der Waals surface area contributed by atoms with Gasteiger partial charge in [0.05, 0.1) is 0 Å². The number of nitrogens with one attached hydrogen (secondary N) is 1. The van der Waals surface area contributed by atoms with Crippen LogP contribution < -0.4 is 11.2 Å². The molecule has 6 aliphatic carbocycles.